The fourth-order valence-corrected chi connectivity index (χ4v) is 3.62. The van der Waals surface area contributed by atoms with E-state index in [0.29, 0.717) is 12.1 Å². The molecule has 2 nitrogen and oxygen atoms in total. The van der Waals surface area contributed by atoms with E-state index in [1.54, 1.807) is 0 Å². The highest BCUT2D eigenvalue weighted by molar-refractivity contribution is 7.10. The van der Waals surface area contributed by atoms with Crippen molar-refractivity contribution in [3.05, 3.63) is 21.9 Å². The van der Waals surface area contributed by atoms with Gasteiger partial charge in [-0.3, -0.25) is 0 Å². The van der Waals surface area contributed by atoms with Crippen molar-refractivity contribution in [3.63, 3.8) is 0 Å². The topological polar surface area (TPSA) is 15.3 Å². The average Bonchev–Trinajstić information content (AvgIpc) is 2.84. The molecular weight excluding hydrogens is 240 g/mol. The third kappa shape index (κ3) is 3.56. The monoisotopic (exact) mass is 266 g/mol. The van der Waals surface area contributed by atoms with Crippen molar-refractivity contribution in [2.45, 2.75) is 58.7 Å². The molecule has 0 atom stereocenters. The van der Waals surface area contributed by atoms with Gasteiger partial charge in [0, 0.05) is 23.5 Å². The van der Waals surface area contributed by atoms with E-state index in [0.717, 1.165) is 13.0 Å². The Balaban J connectivity index is 1.75. The van der Waals surface area contributed by atoms with Crippen molar-refractivity contribution in [1.82, 2.24) is 10.2 Å². The van der Waals surface area contributed by atoms with Crippen LogP contribution in [0.1, 0.15) is 44.1 Å². The van der Waals surface area contributed by atoms with Gasteiger partial charge in [0.15, 0.2) is 0 Å². The zero-order valence-electron chi connectivity index (χ0n) is 11.9. The lowest BCUT2D eigenvalue weighted by atomic mass is 10.0. The fourth-order valence-electron chi connectivity index (χ4n) is 2.69. The van der Waals surface area contributed by atoms with Crippen molar-refractivity contribution in [2.24, 2.45) is 0 Å². The number of piperidine rings is 1. The quantitative estimate of drug-likeness (QED) is 0.880. The summed E-state index contributed by atoms with van der Waals surface area (Å²) in [5.41, 5.74) is 1.52. The third-order valence-corrected chi connectivity index (χ3v) is 4.99. The predicted molar refractivity (Wildman–Crippen MR) is 80.3 cm³/mol. The molecule has 1 saturated heterocycles. The van der Waals surface area contributed by atoms with Crippen LogP contribution in [0.15, 0.2) is 11.4 Å². The molecule has 1 N–H and O–H groups in total. The molecule has 102 valence electrons. The number of rotatable bonds is 5. The molecule has 0 bridgehead atoms. The Labute approximate surface area is 115 Å². The van der Waals surface area contributed by atoms with Crippen LogP contribution in [0.25, 0.3) is 0 Å². The molecule has 0 amide bonds. The first-order valence-corrected chi connectivity index (χ1v) is 8.11. The van der Waals surface area contributed by atoms with Crippen LogP contribution in [0, 0.1) is 0 Å². The fraction of sp³-hybridized carbons (Fsp3) is 0.733. The molecule has 0 radical (unpaired) electrons. The summed E-state index contributed by atoms with van der Waals surface area (Å²) in [7, 11) is 0. The highest BCUT2D eigenvalue weighted by atomic mass is 32.1. The maximum absolute atomic E-state index is 3.74. The zero-order chi connectivity index (χ0) is 13.0. The lowest BCUT2D eigenvalue weighted by Gasteiger charge is -2.35. The Morgan fingerprint density at radius 1 is 1.39 bits per heavy atom. The summed E-state index contributed by atoms with van der Waals surface area (Å²) in [5.74, 6) is 0. The van der Waals surface area contributed by atoms with Crippen LogP contribution in [0.4, 0.5) is 0 Å². The first-order valence-electron chi connectivity index (χ1n) is 7.23. The standard InChI is InChI=1S/C15H26N2S/c1-4-13-7-10-18-15(13)11-16-14-5-8-17(9-6-14)12(2)3/h7,10,12,14,16H,4-6,8-9,11H2,1-3H3. The Morgan fingerprint density at radius 3 is 2.72 bits per heavy atom. The van der Waals surface area contributed by atoms with Gasteiger partial charge in [0.05, 0.1) is 0 Å². The van der Waals surface area contributed by atoms with Gasteiger partial charge in [-0.25, -0.2) is 0 Å². The molecule has 0 aromatic carbocycles. The summed E-state index contributed by atoms with van der Waals surface area (Å²) in [6.07, 6.45) is 3.75. The highest BCUT2D eigenvalue weighted by Crippen LogP contribution is 2.19. The second kappa shape index (κ2) is 6.69. The molecule has 1 aromatic heterocycles. The van der Waals surface area contributed by atoms with E-state index in [4.69, 9.17) is 0 Å². The number of nitrogens with zero attached hydrogens (tertiary/aromatic N) is 1. The SMILES string of the molecule is CCc1ccsc1CNC1CCN(C(C)C)CC1. The highest BCUT2D eigenvalue weighted by Gasteiger charge is 2.20. The molecule has 2 rings (SSSR count). The van der Waals surface area contributed by atoms with Crippen molar-refractivity contribution < 1.29 is 0 Å². The van der Waals surface area contributed by atoms with Crippen LogP contribution in [-0.2, 0) is 13.0 Å². The molecule has 1 fully saturated rings. The first-order chi connectivity index (χ1) is 8.70. The molecular formula is C15H26N2S. The minimum atomic E-state index is 0.704. The third-order valence-electron chi connectivity index (χ3n) is 4.03. The Kier molecular flexibility index (Phi) is 5.22. The van der Waals surface area contributed by atoms with Gasteiger partial charge in [0.2, 0.25) is 0 Å². The number of thiophene rings is 1. The molecule has 0 spiro atoms. The van der Waals surface area contributed by atoms with E-state index in [1.165, 1.54) is 36.4 Å². The van der Waals surface area contributed by atoms with Gasteiger partial charge in [-0.2, -0.15) is 0 Å². The summed E-state index contributed by atoms with van der Waals surface area (Å²) in [6, 6.07) is 3.69. The summed E-state index contributed by atoms with van der Waals surface area (Å²) < 4.78 is 0. The van der Waals surface area contributed by atoms with Gasteiger partial charge in [0.1, 0.15) is 0 Å². The average molecular weight is 266 g/mol. The summed E-state index contributed by atoms with van der Waals surface area (Å²) in [4.78, 5) is 4.12. The maximum atomic E-state index is 3.74. The molecule has 1 aliphatic rings. The Hall–Kier alpha value is -0.380. The van der Waals surface area contributed by atoms with Gasteiger partial charge in [-0.05, 0) is 63.2 Å². The number of hydrogen-bond acceptors (Lipinski definition) is 3. The largest absolute Gasteiger partial charge is 0.309 e. The van der Waals surface area contributed by atoms with Crippen molar-refractivity contribution in [1.29, 1.82) is 0 Å². The van der Waals surface area contributed by atoms with E-state index < -0.39 is 0 Å². The normalized spacial score (nSPS) is 18.7. The maximum Gasteiger partial charge on any atom is 0.0305 e. The van der Waals surface area contributed by atoms with E-state index in [9.17, 15) is 0 Å². The van der Waals surface area contributed by atoms with Crippen LogP contribution in [0.2, 0.25) is 0 Å². The molecule has 3 heteroatoms. The van der Waals surface area contributed by atoms with Gasteiger partial charge >= 0.3 is 0 Å². The number of aryl methyl sites for hydroxylation is 1. The first kappa shape index (κ1) is 14.0. The van der Waals surface area contributed by atoms with E-state index in [2.05, 4.69) is 42.4 Å². The smallest absolute Gasteiger partial charge is 0.0305 e. The molecule has 0 unspecified atom stereocenters. The van der Waals surface area contributed by atoms with Crippen molar-refractivity contribution in [3.8, 4) is 0 Å². The van der Waals surface area contributed by atoms with E-state index in [-0.39, 0.29) is 0 Å². The van der Waals surface area contributed by atoms with Gasteiger partial charge in [-0.1, -0.05) is 6.92 Å². The van der Waals surface area contributed by atoms with Gasteiger partial charge in [0.25, 0.3) is 0 Å². The summed E-state index contributed by atoms with van der Waals surface area (Å²) in [5, 5.41) is 5.96. The molecule has 2 heterocycles. The number of likely N-dealkylation sites (tertiary alicyclic amines) is 1. The second-order valence-electron chi connectivity index (χ2n) is 5.51. The number of hydrogen-bond donors (Lipinski definition) is 1. The lowest BCUT2D eigenvalue weighted by Crippen LogP contribution is -2.44. The van der Waals surface area contributed by atoms with E-state index in [1.807, 2.05) is 11.3 Å². The summed E-state index contributed by atoms with van der Waals surface area (Å²) in [6.45, 7) is 10.4. The zero-order valence-corrected chi connectivity index (χ0v) is 12.7. The van der Waals surface area contributed by atoms with Crippen LogP contribution in [-0.4, -0.2) is 30.1 Å². The molecule has 18 heavy (non-hydrogen) atoms. The Bertz CT molecular complexity index is 351. The molecule has 0 saturated carbocycles. The van der Waals surface area contributed by atoms with Crippen LogP contribution in [0.3, 0.4) is 0 Å². The predicted octanol–water partition coefficient (Wildman–Crippen LogP) is 3.27. The van der Waals surface area contributed by atoms with Crippen molar-refractivity contribution in [2.75, 3.05) is 13.1 Å². The minimum absolute atomic E-state index is 0.704. The number of nitrogens with one attached hydrogen (secondary N) is 1. The van der Waals surface area contributed by atoms with Crippen LogP contribution >= 0.6 is 11.3 Å². The Morgan fingerprint density at radius 2 is 2.11 bits per heavy atom. The summed E-state index contributed by atoms with van der Waals surface area (Å²) >= 11 is 1.90. The minimum Gasteiger partial charge on any atom is -0.309 e. The lowest BCUT2D eigenvalue weighted by molar-refractivity contribution is 0.161. The van der Waals surface area contributed by atoms with Crippen LogP contribution < -0.4 is 5.32 Å². The second-order valence-corrected chi connectivity index (χ2v) is 6.51. The van der Waals surface area contributed by atoms with E-state index >= 15 is 0 Å². The van der Waals surface area contributed by atoms with Crippen LogP contribution in [0.5, 0.6) is 0 Å². The van der Waals surface area contributed by atoms with Crippen molar-refractivity contribution >= 4 is 11.3 Å². The molecule has 0 aliphatic carbocycles. The molecule has 1 aliphatic heterocycles. The van der Waals surface area contributed by atoms with Gasteiger partial charge < -0.3 is 10.2 Å². The molecule has 1 aromatic rings. The van der Waals surface area contributed by atoms with Gasteiger partial charge in [-0.15, -0.1) is 11.3 Å².